The minimum Gasteiger partial charge on any atom is -0.377 e. The van der Waals surface area contributed by atoms with Crippen molar-refractivity contribution in [2.45, 2.75) is 69.4 Å². The largest absolute Gasteiger partial charge is 0.377 e. The van der Waals surface area contributed by atoms with Gasteiger partial charge in [-0.1, -0.05) is 25.7 Å². The third-order valence-corrected chi connectivity index (χ3v) is 5.30. The van der Waals surface area contributed by atoms with Crippen LogP contribution in [-0.2, 0) is 4.74 Å². The molecule has 2 aliphatic carbocycles. The van der Waals surface area contributed by atoms with E-state index in [0.717, 1.165) is 13.2 Å². The van der Waals surface area contributed by atoms with Crippen LogP contribution in [0.15, 0.2) is 0 Å². The third-order valence-electron chi connectivity index (χ3n) is 5.30. The Kier molecular flexibility index (Phi) is 4.78. The maximum Gasteiger partial charge on any atom is 0.0597 e. The van der Waals surface area contributed by atoms with Gasteiger partial charge < -0.3 is 10.1 Å². The van der Waals surface area contributed by atoms with Gasteiger partial charge in [0.1, 0.15) is 0 Å². The normalized spacial score (nSPS) is 29.1. The molecular weight excluding hydrogens is 236 g/mol. The first-order valence-electron chi connectivity index (χ1n) is 8.45. The first-order valence-corrected chi connectivity index (χ1v) is 8.45. The molecule has 110 valence electrons. The van der Waals surface area contributed by atoms with E-state index in [2.05, 4.69) is 10.2 Å². The van der Waals surface area contributed by atoms with Gasteiger partial charge >= 0.3 is 0 Å². The van der Waals surface area contributed by atoms with Crippen LogP contribution in [0.4, 0.5) is 0 Å². The Morgan fingerprint density at radius 2 is 1.84 bits per heavy atom. The van der Waals surface area contributed by atoms with Gasteiger partial charge in [0.05, 0.1) is 12.7 Å². The van der Waals surface area contributed by atoms with Crippen LogP contribution in [0, 0.1) is 0 Å². The zero-order chi connectivity index (χ0) is 13.0. The summed E-state index contributed by atoms with van der Waals surface area (Å²) in [5.74, 6) is 0. The molecule has 0 unspecified atom stereocenters. The van der Waals surface area contributed by atoms with E-state index in [1.54, 1.807) is 0 Å². The molecule has 0 aromatic rings. The molecule has 3 nitrogen and oxygen atoms in total. The van der Waals surface area contributed by atoms with E-state index in [1.165, 1.54) is 77.4 Å². The number of hydrogen-bond acceptors (Lipinski definition) is 3. The number of rotatable bonds is 4. The molecule has 1 aliphatic heterocycles. The van der Waals surface area contributed by atoms with Crippen LogP contribution in [0.5, 0.6) is 0 Å². The molecule has 0 atom stereocenters. The molecule has 1 saturated heterocycles. The SMILES string of the molecule is C1CCC(OCCN2CCCNC3(CCCC3)C2)C1. The van der Waals surface area contributed by atoms with Crippen LogP contribution < -0.4 is 5.32 Å². The van der Waals surface area contributed by atoms with Crippen LogP contribution in [-0.4, -0.2) is 49.3 Å². The summed E-state index contributed by atoms with van der Waals surface area (Å²) < 4.78 is 6.04. The van der Waals surface area contributed by atoms with Crippen molar-refractivity contribution >= 4 is 0 Å². The lowest BCUT2D eigenvalue weighted by atomic mass is 9.97. The third kappa shape index (κ3) is 3.71. The number of nitrogens with one attached hydrogen (secondary N) is 1. The van der Waals surface area contributed by atoms with Crippen molar-refractivity contribution in [3.05, 3.63) is 0 Å². The maximum absolute atomic E-state index is 6.04. The van der Waals surface area contributed by atoms with Gasteiger partial charge in [-0.05, 0) is 45.2 Å². The zero-order valence-corrected chi connectivity index (χ0v) is 12.3. The van der Waals surface area contributed by atoms with Gasteiger partial charge in [-0.15, -0.1) is 0 Å². The molecule has 0 aromatic carbocycles. The number of ether oxygens (including phenoxy) is 1. The molecule has 1 spiro atoms. The van der Waals surface area contributed by atoms with E-state index in [9.17, 15) is 0 Å². The molecule has 0 aromatic heterocycles. The Bertz CT molecular complexity index is 270. The summed E-state index contributed by atoms with van der Waals surface area (Å²) >= 11 is 0. The molecule has 0 radical (unpaired) electrons. The van der Waals surface area contributed by atoms with Crippen molar-refractivity contribution in [3.63, 3.8) is 0 Å². The van der Waals surface area contributed by atoms with E-state index < -0.39 is 0 Å². The van der Waals surface area contributed by atoms with Crippen molar-refractivity contribution in [2.24, 2.45) is 0 Å². The fourth-order valence-corrected chi connectivity index (χ4v) is 4.20. The highest BCUT2D eigenvalue weighted by Crippen LogP contribution is 2.31. The first-order chi connectivity index (χ1) is 9.36. The summed E-state index contributed by atoms with van der Waals surface area (Å²) in [5.41, 5.74) is 0.448. The second-order valence-electron chi connectivity index (χ2n) is 6.82. The van der Waals surface area contributed by atoms with Crippen LogP contribution in [0.3, 0.4) is 0 Å². The Morgan fingerprint density at radius 1 is 1.05 bits per heavy atom. The minimum absolute atomic E-state index is 0.448. The molecule has 0 bridgehead atoms. The molecule has 0 amide bonds. The van der Waals surface area contributed by atoms with Crippen molar-refractivity contribution in [1.29, 1.82) is 0 Å². The molecule has 3 aliphatic rings. The highest BCUT2D eigenvalue weighted by atomic mass is 16.5. The second kappa shape index (κ2) is 6.55. The summed E-state index contributed by atoms with van der Waals surface area (Å²) in [6.07, 6.45) is 12.8. The summed E-state index contributed by atoms with van der Waals surface area (Å²) in [7, 11) is 0. The Balaban J connectivity index is 1.43. The average molecular weight is 266 g/mol. The summed E-state index contributed by atoms with van der Waals surface area (Å²) in [4.78, 5) is 2.65. The molecule has 1 heterocycles. The standard InChI is InChI=1S/C16H30N2O/c1-2-7-15(6-1)19-13-12-18-11-5-10-17-16(14-18)8-3-4-9-16/h15,17H,1-14H2. The van der Waals surface area contributed by atoms with Crippen molar-refractivity contribution in [3.8, 4) is 0 Å². The predicted octanol–water partition coefficient (Wildman–Crippen LogP) is 2.55. The lowest BCUT2D eigenvalue weighted by Crippen LogP contribution is -2.49. The highest BCUT2D eigenvalue weighted by Gasteiger charge is 2.36. The van der Waals surface area contributed by atoms with E-state index in [1.807, 2.05) is 0 Å². The summed E-state index contributed by atoms with van der Waals surface area (Å²) in [6, 6.07) is 0. The van der Waals surface area contributed by atoms with Crippen molar-refractivity contribution in [1.82, 2.24) is 10.2 Å². The van der Waals surface area contributed by atoms with E-state index in [-0.39, 0.29) is 0 Å². The number of hydrogen-bond donors (Lipinski definition) is 1. The van der Waals surface area contributed by atoms with E-state index >= 15 is 0 Å². The molecular formula is C16H30N2O. The number of nitrogens with zero attached hydrogens (tertiary/aromatic N) is 1. The first kappa shape index (κ1) is 13.8. The smallest absolute Gasteiger partial charge is 0.0597 e. The molecule has 3 rings (SSSR count). The highest BCUT2D eigenvalue weighted by molar-refractivity contribution is 4.96. The molecule has 3 fully saturated rings. The lowest BCUT2D eigenvalue weighted by molar-refractivity contribution is 0.0388. The van der Waals surface area contributed by atoms with Crippen LogP contribution in [0.25, 0.3) is 0 Å². The van der Waals surface area contributed by atoms with Gasteiger partial charge in [0, 0.05) is 18.6 Å². The zero-order valence-electron chi connectivity index (χ0n) is 12.3. The Labute approximate surface area is 118 Å². The Morgan fingerprint density at radius 3 is 2.63 bits per heavy atom. The van der Waals surface area contributed by atoms with Gasteiger partial charge in [0.25, 0.3) is 0 Å². The molecule has 3 heteroatoms. The summed E-state index contributed by atoms with van der Waals surface area (Å²) in [6.45, 7) is 5.80. The van der Waals surface area contributed by atoms with E-state index in [4.69, 9.17) is 4.74 Å². The molecule has 1 N–H and O–H groups in total. The topological polar surface area (TPSA) is 24.5 Å². The van der Waals surface area contributed by atoms with Crippen LogP contribution >= 0.6 is 0 Å². The van der Waals surface area contributed by atoms with Crippen LogP contribution in [0.1, 0.15) is 57.8 Å². The van der Waals surface area contributed by atoms with E-state index in [0.29, 0.717) is 11.6 Å². The van der Waals surface area contributed by atoms with Crippen molar-refractivity contribution in [2.75, 3.05) is 32.8 Å². The molecule has 19 heavy (non-hydrogen) atoms. The van der Waals surface area contributed by atoms with Gasteiger partial charge in [0.15, 0.2) is 0 Å². The monoisotopic (exact) mass is 266 g/mol. The van der Waals surface area contributed by atoms with Crippen molar-refractivity contribution < 1.29 is 4.74 Å². The fourth-order valence-electron chi connectivity index (χ4n) is 4.20. The maximum atomic E-state index is 6.04. The predicted molar refractivity (Wildman–Crippen MR) is 78.5 cm³/mol. The Hall–Kier alpha value is -0.120. The quantitative estimate of drug-likeness (QED) is 0.846. The second-order valence-corrected chi connectivity index (χ2v) is 6.82. The fraction of sp³-hybridized carbons (Fsp3) is 1.00. The van der Waals surface area contributed by atoms with Crippen LogP contribution in [0.2, 0.25) is 0 Å². The summed E-state index contributed by atoms with van der Waals surface area (Å²) in [5, 5.41) is 3.84. The lowest BCUT2D eigenvalue weighted by Gasteiger charge is -2.33. The van der Waals surface area contributed by atoms with Gasteiger partial charge in [-0.3, -0.25) is 4.90 Å². The minimum atomic E-state index is 0.448. The van der Waals surface area contributed by atoms with Gasteiger partial charge in [-0.2, -0.15) is 0 Å². The average Bonchev–Trinajstić information content (AvgIpc) is 3.02. The van der Waals surface area contributed by atoms with Gasteiger partial charge in [-0.25, -0.2) is 0 Å². The van der Waals surface area contributed by atoms with Gasteiger partial charge in [0.2, 0.25) is 0 Å². The molecule has 2 saturated carbocycles.